The molecule has 122 valence electrons. The van der Waals surface area contributed by atoms with Crippen molar-refractivity contribution in [1.29, 1.82) is 0 Å². The van der Waals surface area contributed by atoms with Crippen LogP contribution in [0.3, 0.4) is 0 Å². The fourth-order valence-corrected chi connectivity index (χ4v) is 2.80. The van der Waals surface area contributed by atoms with Crippen LogP contribution in [0.15, 0.2) is 24.3 Å². The highest BCUT2D eigenvalue weighted by Crippen LogP contribution is 2.18. The fourth-order valence-electron chi connectivity index (χ4n) is 2.80. The number of piperidine rings is 1. The number of nitrogens with two attached hydrogens (primary N) is 1. The van der Waals surface area contributed by atoms with Crippen molar-refractivity contribution in [3.8, 4) is 5.75 Å². The second kappa shape index (κ2) is 8.79. The number of carbonyl (C=O) groups excluding carboxylic acids is 1. The Labute approximate surface area is 133 Å². The second-order valence-corrected chi connectivity index (χ2v) is 6.05. The molecule has 1 aliphatic heterocycles. The molecular formula is C18H28N2O2. The van der Waals surface area contributed by atoms with Crippen molar-refractivity contribution in [3.63, 3.8) is 0 Å². The number of nitrogens with zero attached hydrogens (tertiary/aromatic N) is 1. The van der Waals surface area contributed by atoms with E-state index in [1.54, 1.807) is 0 Å². The normalized spacial score (nSPS) is 15.8. The van der Waals surface area contributed by atoms with Gasteiger partial charge in [0, 0.05) is 19.5 Å². The van der Waals surface area contributed by atoms with Crippen molar-refractivity contribution in [2.75, 3.05) is 26.2 Å². The molecule has 1 fully saturated rings. The third-order valence-electron chi connectivity index (χ3n) is 4.32. The van der Waals surface area contributed by atoms with Crippen LogP contribution < -0.4 is 10.5 Å². The van der Waals surface area contributed by atoms with Crippen LogP contribution in [0, 0.1) is 5.92 Å². The van der Waals surface area contributed by atoms with Gasteiger partial charge in [0.25, 0.3) is 0 Å². The summed E-state index contributed by atoms with van der Waals surface area (Å²) in [6.07, 6.45) is 4.49. The van der Waals surface area contributed by atoms with Crippen molar-refractivity contribution >= 4 is 5.91 Å². The number of benzene rings is 1. The summed E-state index contributed by atoms with van der Waals surface area (Å²) in [6, 6.07) is 8.09. The summed E-state index contributed by atoms with van der Waals surface area (Å²) in [5, 5.41) is 0. The Kier molecular flexibility index (Phi) is 6.72. The molecule has 22 heavy (non-hydrogen) atoms. The molecule has 0 spiro atoms. The number of hydrogen-bond donors (Lipinski definition) is 1. The van der Waals surface area contributed by atoms with Crippen LogP contribution in [0.1, 0.15) is 38.2 Å². The zero-order valence-corrected chi connectivity index (χ0v) is 13.6. The molecule has 0 atom stereocenters. The number of likely N-dealkylation sites (tertiary alicyclic amines) is 1. The van der Waals surface area contributed by atoms with E-state index in [1.165, 1.54) is 5.56 Å². The number of amides is 1. The Balaban J connectivity index is 1.74. The number of aryl methyl sites for hydroxylation is 1. The van der Waals surface area contributed by atoms with Gasteiger partial charge < -0.3 is 15.4 Å². The van der Waals surface area contributed by atoms with Crippen LogP contribution in [0.5, 0.6) is 5.75 Å². The van der Waals surface area contributed by atoms with Crippen LogP contribution >= 0.6 is 0 Å². The van der Waals surface area contributed by atoms with E-state index in [-0.39, 0.29) is 5.91 Å². The SMILES string of the molecule is CCCOc1ccc(CCC(=O)N2CCC(CN)CC2)cc1. The third kappa shape index (κ3) is 5.02. The first-order valence-electron chi connectivity index (χ1n) is 8.42. The number of rotatable bonds is 7. The van der Waals surface area contributed by atoms with Gasteiger partial charge in [-0.1, -0.05) is 19.1 Å². The maximum atomic E-state index is 12.2. The van der Waals surface area contributed by atoms with Crippen LogP contribution in [0.2, 0.25) is 0 Å². The highest BCUT2D eigenvalue weighted by molar-refractivity contribution is 5.76. The van der Waals surface area contributed by atoms with Gasteiger partial charge in [0.15, 0.2) is 0 Å². The Bertz CT molecular complexity index is 451. The molecule has 1 saturated heterocycles. The van der Waals surface area contributed by atoms with Crippen molar-refractivity contribution in [3.05, 3.63) is 29.8 Å². The first-order chi connectivity index (χ1) is 10.7. The average molecular weight is 304 g/mol. The maximum Gasteiger partial charge on any atom is 0.222 e. The van der Waals surface area contributed by atoms with Gasteiger partial charge in [-0.3, -0.25) is 4.79 Å². The van der Waals surface area contributed by atoms with Gasteiger partial charge in [0.05, 0.1) is 6.61 Å². The van der Waals surface area contributed by atoms with Crippen molar-refractivity contribution in [2.24, 2.45) is 11.7 Å². The molecule has 1 aromatic rings. The molecule has 1 amide bonds. The summed E-state index contributed by atoms with van der Waals surface area (Å²) in [5.74, 6) is 1.77. The molecule has 0 unspecified atom stereocenters. The minimum Gasteiger partial charge on any atom is -0.494 e. The van der Waals surface area contributed by atoms with Gasteiger partial charge in [-0.25, -0.2) is 0 Å². The number of ether oxygens (including phenoxy) is 1. The minimum atomic E-state index is 0.266. The third-order valence-corrected chi connectivity index (χ3v) is 4.32. The summed E-state index contributed by atoms with van der Waals surface area (Å²) >= 11 is 0. The average Bonchev–Trinajstić information content (AvgIpc) is 2.58. The van der Waals surface area contributed by atoms with E-state index < -0.39 is 0 Å². The molecule has 4 heteroatoms. The first-order valence-corrected chi connectivity index (χ1v) is 8.42. The van der Waals surface area contributed by atoms with E-state index in [2.05, 4.69) is 19.1 Å². The smallest absolute Gasteiger partial charge is 0.222 e. The second-order valence-electron chi connectivity index (χ2n) is 6.05. The molecule has 0 aromatic heterocycles. The van der Waals surface area contributed by atoms with E-state index in [9.17, 15) is 4.79 Å². The van der Waals surface area contributed by atoms with Crippen molar-refractivity contribution < 1.29 is 9.53 Å². The molecule has 2 rings (SSSR count). The Morgan fingerprint density at radius 1 is 1.27 bits per heavy atom. The highest BCUT2D eigenvalue weighted by atomic mass is 16.5. The molecular weight excluding hydrogens is 276 g/mol. The predicted molar refractivity (Wildman–Crippen MR) is 88.9 cm³/mol. The molecule has 2 N–H and O–H groups in total. The number of carbonyl (C=O) groups is 1. The predicted octanol–water partition coefficient (Wildman–Crippen LogP) is 2.61. The Morgan fingerprint density at radius 3 is 2.55 bits per heavy atom. The summed E-state index contributed by atoms with van der Waals surface area (Å²) in [6.45, 7) is 5.32. The van der Waals surface area contributed by atoms with Crippen molar-refractivity contribution in [2.45, 2.75) is 39.0 Å². The largest absolute Gasteiger partial charge is 0.494 e. The maximum absolute atomic E-state index is 12.2. The van der Waals surface area contributed by atoms with E-state index in [1.807, 2.05) is 17.0 Å². The molecule has 0 saturated carbocycles. The van der Waals surface area contributed by atoms with Gasteiger partial charge in [-0.2, -0.15) is 0 Å². The van der Waals surface area contributed by atoms with Crippen LogP contribution in [-0.2, 0) is 11.2 Å². The summed E-state index contributed by atoms with van der Waals surface area (Å²) in [4.78, 5) is 14.2. The van der Waals surface area contributed by atoms with Gasteiger partial charge in [-0.15, -0.1) is 0 Å². The quantitative estimate of drug-likeness (QED) is 0.842. The molecule has 1 aromatic carbocycles. The summed E-state index contributed by atoms with van der Waals surface area (Å²) in [7, 11) is 0. The molecule has 0 bridgehead atoms. The Hall–Kier alpha value is -1.55. The van der Waals surface area contributed by atoms with E-state index in [0.717, 1.165) is 57.7 Å². The van der Waals surface area contributed by atoms with Gasteiger partial charge in [0.2, 0.25) is 5.91 Å². The van der Waals surface area contributed by atoms with E-state index in [0.29, 0.717) is 12.3 Å². The molecule has 0 radical (unpaired) electrons. The number of hydrogen-bond acceptors (Lipinski definition) is 3. The van der Waals surface area contributed by atoms with Crippen LogP contribution in [0.4, 0.5) is 0 Å². The van der Waals surface area contributed by atoms with Crippen LogP contribution in [0.25, 0.3) is 0 Å². The summed E-state index contributed by atoms with van der Waals surface area (Å²) in [5.41, 5.74) is 6.88. The lowest BCUT2D eigenvalue weighted by molar-refractivity contribution is -0.132. The molecule has 4 nitrogen and oxygen atoms in total. The molecule has 1 heterocycles. The standard InChI is InChI=1S/C18H28N2O2/c1-2-13-22-17-6-3-15(4-7-17)5-8-18(21)20-11-9-16(14-19)10-12-20/h3-4,6-7,16H,2,5,8-14,19H2,1H3. The Morgan fingerprint density at radius 2 is 1.95 bits per heavy atom. The zero-order valence-electron chi connectivity index (χ0n) is 13.6. The van der Waals surface area contributed by atoms with Crippen LogP contribution in [-0.4, -0.2) is 37.0 Å². The minimum absolute atomic E-state index is 0.266. The van der Waals surface area contributed by atoms with Crippen molar-refractivity contribution in [1.82, 2.24) is 4.90 Å². The lowest BCUT2D eigenvalue weighted by Gasteiger charge is -2.31. The first kappa shape index (κ1) is 16.8. The monoisotopic (exact) mass is 304 g/mol. The topological polar surface area (TPSA) is 55.6 Å². The highest BCUT2D eigenvalue weighted by Gasteiger charge is 2.21. The van der Waals surface area contributed by atoms with Gasteiger partial charge in [0.1, 0.15) is 5.75 Å². The molecule has 1 aliphatic rings. The zero-order chi connectivity index (χ0) is 15.8. The van der Waals surface area contributed by atoms with Gasteiger partial charge in [-0.05, 0) is 55.8 Å². The molecule has 0 aliphatic carbocycles. The van der Waals surface area contributed by atoms with Gasteiger partial charge >= 0.3 is 0 Å². The summed E-state index contributed by atoms with van der Waals surface area (Å²) < 4.78 is 5.57. The lowest BCUT2D eigenvalue weighted by Crippen LogP contribution is -2.40. The fraction of sp³-hybridized carbons (Fsp3) is 0.611. The lowest BCUT2D eigenvalue weighted by atomic mass is 9.96. The van der Waals surface area contributed by atoms with E-state index >= 15 is 0 Å². The van der Waals surface area contributed by atoms with E-state index in [4.69, 9.17) is 10.5 Å².